The minimum absolute atomic E-state index is 0.0927. The normalized spacial score (nSPS) is 19.8. The van der Waals surface area contributed by atoms with Gasteiger partial charge in [0.1, 0.15) is 0 Å². The maximum absolute atomic E-state index is 12.4. The fourth-order valence-electron chi connectivity index (χ4n) is 3.57. The SMILES string of the molecule is CC(NC(=O)c1ccc(N2CCC3(CC2)OCCO3)nn1)c1ccccc1. The fraction of sp³-hybridized carbons (Fsp3) is 0.450. The molecular formula is C20H24N4O3. The van der Waals surface area contributed by atoms with Crippen LogP contribution in [0.4, 0.5) is 5.82 Å². The van der Waals surface area contributed by atoms with Gasteiger partial charge in [-0.3, -0.25) is 4.79 Å². The fourth-order valence-corrected chi connectivity index (χ4v) is 3.57. The molecular weight excluding hydrogens is 344 g/mol. The van der Waals surface area contributed by atoms with Gasteiger partial charge >= 0.3 is 0 Å². The molecule has 3 heterocycles. The molecule has 0 saturated carbocycles. The quantitative estimate of drug-likeness (QED) is 0.892. The molecule has 1 atom stereocenters. The van der Waals surface area contributed by atoms with Crippen LogP contribution in [0.5, 0.6) is 0 Å². The summed E-state index contributed by atoms with van der Waals surface area (Å²) in [5.74, 6) is 0.142. The summed E-state index contributed by atoms with van der Waals surface area (Å²) in [4.78, 5) is 14.6. The summed E-state index contributed by atoms with van der Waals surface area (Å²) in [5.41, 5.74) is 1.37. The van der Waals surface area contributed by atoms with Gasteiger partial charge in [0.05, 0.1) is 19.3 Å². The molecule has 1 aromatic carbocycles. The summed E-state index contributed by atoms with van der Waals surface area (Å²) in [5, 5.41) is 11.3. The van der Waals surface area contributed by atoms with E-state index in [0.29, 0.717) is 18.9 Å². The number of hydrogen-bond acceptors (Lipinski definition) is 6. The summed E-state index contributed by atoms with van der Waals surface area (Å²) in [7, 11) is 0. The van der Waals surface area contributed by atoms with E-state index in [2.05, 4.69) is 20.4 Å². The lowest BCUT2D eigenvalue weighted by atomic mass is 10.0. The first kappa shape index (κ1) is 17.9. The molecule has 0 bridgehead atoms. The zero-order chi connectivity index (χ0) is 18.7. The second-order valence-electron chi connectivity index (χ2n) is 6.98. The number of ether oxygens (including phenoxy) is 2. The Balaban J connectivity index is 1.35. The highest BCUT2D eigenvalue weighted by Gasteiger charge is 2.40. The Morgan fingerprint density at radius 2 is 1.78 bits per heavy atom. The van der Waals surface area contributed by atoms with Gasteiger partial charge in [0, 0.05) is 25.9 Å². The minimum Gasteiger partial charge on any atom is -0.355 e. The highest BCUT2D eigenvalue weighted by atomic mass is 16.7. The predicted octanol–water partition coefficient (Wildman–Crippen LogP) is 2.31. The van der Waals surface area contributed by atoms with Gasteiger partial charge in [-0.1, -0.05) is 30.3 Å². The molecule has 7 heteroatoms. The van der Waals surface area contributed by atoms with Crippen LogP contribution >= 0.6 is 0 Å². The third kappa shape index (κ3) is 3.94. The standard InChI is InChI=1S/C20H24N4O3/c1-15(16-5-3-2-4-6-16)21-19(25)17-7-8-18(23-22-17)24-11-9-20(10-12-24)26-13-14-27-20/h2-8,15H,9-14H2,1H3,(H,21,25). The van der Waals surface area contributed by atoms with Crippen LogP contribution in [-0.2, 0) is 9.47 Å². The largest absolute Gasteiger partial charge is 0.355 e. The number of carbonyl (C=O) groups is 1. The Bertz CT molecular complexity index is 766. The summed E-state index contributed by atoms with van der Waals surface area (Å²) in [6, 6.07) is 13.3. The highest BCUT2D eigenvalue weighted by Crippen LogP contribution is 2.32. The van der Waals surface area contributed by atoms with Crippen LogP contribution in [0.1, 0.15) is 41.9 Å². The second kappa shape index (κ2) is 7.62. The molecule has 27 heavy (non-hydrogen) atoms. The smallest absolute Gasteiger partial charge is 0.272 e. The maximum atomic E-state index is 12.4. The Hall–Kier alpha value is -2.51. The van der Waals surface area contributed by atoms with Gasteiger partial charge in [-0.25, -0.2) is 0 Å². The molecule has 0 radical (unpaired) electrons. The number of nitrogens with zero attached hydrogens (tertiary/aromatic N) is 3. The topological polar surface area (TPSA) is 76.6 Å². The van der Waals surface area contributed by atoms with Crippen molar-refractivity contribution in [1.29, 1.82) is 0 Å². The number of aromatic nitrogens is 2. The van der Waals surface area contributed by atoms with Crippen molar-refractivity contribution in [2.24, 2.45) is 0 Å². The molecule has 1 unspecified atom stereocenters. The molecule has 2 aromatic rings. The summed E-state index contributed by atoms with van der Waals surface area (Å²) in [6.07, 6.45) is 1.62. The molecule has 7 nitrogen and oxygen atoms in total. The first-order chi connectivity index (χ1) is 13.2. The lowest BCUT2D eigenvalue weighted by molar-refractivity contribution is -0.169. The number of benzene rings is 1. The molecule has 0 aliphatic carbocycles. The second-order valence-corrected chi connectivity index (χ2v) is 6.98. The van der Waals surface area contributed by atoms with E-state index < -0.39 is 5.79 Å². The lowest BCUT2D eigenvalue weighted by Gasteiger charge is -2.37. The molecule has 2 aliphatic rings. The Morgan fingerprint density at radius 1 is 1.07 bits per heavy atom. The van der Waals surface area contributed by atoms with E-state index in [-0.39, 0.29) is 11.9 Å². The molecule has 1 N–H and O–H groups in total. The van der Waals surface area contributed by atoms with E-state index in [9.17, 15) is 4.79 Å². The predicted molar refractivity (Wildman–Crippen MR) is 100 cm³/mol. The van der Waals surface area contributed by atoms with Crippen LogP contribution in [0.3, 0.4) is 0 Å². The van der Waals surface area contributed by atoms with E-state index in [1.165, 1.54) is 0 Å². The molecule has 1 spiro atoms. The number of anilines is 1. The molecule has 4 rings (SSSR count). The molecule has 2 saturated heterocycles. The highest BCUT2D eigenvalue weighted by molar-refractivity contribution is 5.92. The van der Waals surface area contributed by atoms with Crippen molar-refractivity contribution < 1.29 is 14.3 Å². The van der Waals surface area contributed by atoms with Gasteiger partial charge in [0.2, 0.25) is 0 Å². The van der Waals surface area contributed by atoms with Gasteiger partial charge in [-0.15, -0.1) is 10.2 Å². The average Bonchev–Trinajstić information content (AvgIpc) is 3.17. The van der Waals surface area contributed by atoms with Crippen LogP contribution in [0.2, 0.25) is 0 Å². The van der Waals surface area contributed by atoms with Gasteiger partial charge < -0.3 is 19.7 Å². The van der Waals surface area contributed by atoms with Gasteiger partial charge in [-0.05, 0) is 24.6 Å². The van der Waals surface area contributed by atoms with E-state index in [1.54, 1.807) is 6.07 Å². The van der Waals surface area contributed by atoms with Crippen molar-refractivity contribution in [3.8, 4) is 0 Å². The first-order valence-corrected chi connectivity index (χ1v) is 9.38. The van der Waals surface area contributed by atoms with Crippen LogP contribution in [0.15, 0.2) is 42.5 Å². The number of amides is 1. The molecule has 2 aliphatic heterocycles. The lowest BCUT2D eigenvalue weighted by Crippen LogP contribution is -2.45. The number of nitrogens with one attached hydrogen (secondary N) is 1. The van der Waals surface area contributed by atoms with E-state index in [1.807, 2.05) is 43.3 Å². The minimum atomic E-state index is -0.405. The maximum Gasteiger partial charge on any atom is 0.272 e. The zero-order valence-corrected chi connectivity index (χ0v) is 15.4. The number of rotatable bonds is 4. The van der Waals surface area contributed by atoms with Crippen LogP contribution in [0, 0.1) is 0 Å². The van der Waals surface area contributed by atoms with Crippen molar-refractivity contribution in [2.75, 3.05) is 31.2 Å². The molecule has 142 valence electrons. The van der Waals surface area contributed by atoms with Gasteiger partial charge in [0.15, 0.2) is 17.3 Å². The average molecular weight is 368 g/mol. The zero-order valence-electron chi connectivity index (χ0n) is 15.4. The van der Waals surface area contributed by atoms with E-state index in [4.69, 9.17) is 9.47 Å². The van der Waals surface area contributed by atoms with Gasteiger partial charge in [0.25, 0.3) is 5.91 Å². The number of hydrogen-bond donors (Lipinski definition) is 1. The Morgan fingerprint density at radius 3 is 2.41 bits per heavy atom. The first-order valence-electron chi connectivity index (χ1n) is 9.38. The Labute approximate surface area is 158 Å². The summed E-state index contributed by atoms with van der Waals surface area (Å²) < 4.78 is 11.5. The van der Waals surface area contributed by atoms with Crippen LogP contribution in [0.25, 0.3) is 0 Å². The third-order valence-electron chi connectivity index (χ3n) is 5.19. The molecule has 1 aromatic heterocycles. The number of carbonyl (C=O) groups excluding carboxylic acids is 1. The van der Waals surface area contributed by atoms with Crippen LogP contribution in [-0.4, -0.2) is 48.2 Å². The van der Waals surface area contributed by atoms with Crippen molar-refractivity contribution in [1.82, 2.24) is 15.5 Å². The summed E-state index contributed by atoms with van der Waals surface area (Å²) >= 11 is 0. The van der Waals surface area contributed by atoms with Crippen molar-refractivity contribution in [2.45, 2.75) is 31.6 Å². The van der Waals surface area contributed by atoms with E-state index >= 15 is 0 Å². The number of piperidine rings is 1. The monoisotopic (exact) mass is 368 g/mol. The van der Waals surface area contributed by atoms with Crippen molar-refractivity contribution >= 4 is 11.7 Å². The van der Waals surface area contributed by atoms with E-state index in [0.717, 1.165) is 37.3 Å². The Kier molecular flexibility index (Phi) is 5.05. The molecule has 2 fully saturated rings. The summed E-state index contributed by atoms with van der Waals surface area (Å²) in [6.45, 7) is 4.89. The van der Waals surface area contributed by atoms with Crippen LogP contribution < -0.4 is 10.2 Å². The third-order valence-corrected chi connectivity index (χ3v) is 5.19. The van der Waals surface area contributed by atoms with Crippen molar-refractivity contribution in [3.63, 3.8) is 0 Å². The van der Waals surface area contributed by atoms with Gasteiger partial charge in [-0.2, -0.15) is 0 Å². The van der Waals surface area contributed by atoms with Crippen molar-refractivity contribution in [3.05, 3.63) is 53.7 Å². The molecule has 1 amide bonds.